The quantitative estimate of drug-likeness (QED) is 0.682. The summed E-state index contributed by atoms with van der Waals surface area (Å²) in [5, 5.41) is 1.54. The van der Waals surface area contributed by atoms with Crippen molar-refractivity contribution in [1.29, 1.82) is 0 Å². The van der Waals surface area contributed by atoms with Crippen molar-refractivity contribution >= 4 is 49.4 Å². The summed E-state index contributed by atoms with van der Waals surface area (Å²) in [7, 11) is 0. The average molecular weight is 396 g/mol. The second kappa shape index (κ2) is 6.40. The van der Waals surface area contributed by atoms with Gasteiger partial charge in [0.2, 0.25) is 0 Å². The minimum absolute atomic E-state index is 0.0364. The van der Waals surface area contributed by atoms with E-state index in [0.717, 1.165) is 35.7 Å². The number of hydrogen-bond acceptors (Lipinski definition) is 1. The van der Waals surface area contributed by atoms with Gasteiger partial charge in [0.05, 0.1) is 10.6 Å². The fourth-order valence-corrected chi connectivity index (χ4v) is 3.33. The van der Waals surface area contributed by atoms with Crippen LogP contribution >= 0.6 is 43.5 Å². The minimum Gasteiger partial charge on any atom is -0.339 e. The summed E-state index contributed by atoms with van der Waals surface area (Å²) in [6.45, 7) is 1.63. The molecule has 1 aliphatic heterocycles. The molecule has 0 unspecified atom stereocenters. The molecule has 1 aromatic carbocycles. The van der Waals surface area contributed by atoms with Gasteiger partial charge in [0.15, 0.2) is 0 Å². The Labute approximate surface area is 129 Å². The van der Waals surface area contributed by atoms with Crippen molar-refractivity contribution in [2.45, 2.75) is 12.8 Å². The van der Waals surface area contributed by atoms with Crippen molar-refractivity contribution in [3.63, 3.8) is 0 Å². The van der Waals surface area contributed by atoms with E-state index in [1.54, 1.807) is 12.1 Å². The van der Waals surface area contributed by atoms with E-state index in [2.05, 4.69) is 31.9 Å². The molecule has 0 bridgehead atoms. The lowest BCUT2D eigenvalue weighted by Gasteiger charge is -2.31. The summed E-state index contributed by atoms with van der Waals surface area (Å²) >= 11 is 13.0. The third kappa shape index (κ3) is 3.28. The van der Waals surface area contributed by atoms with Gasteiger partial charge in [-0.2, -0.15) is 0 Å². The first-order valence-corrected chi connectivity index (χ1v) is 8.21. The van der Waals surface area contributed by atoms with Crippen LogP contribution < -0.4 is 0 Å². The lowest BCUT2D eigenvalue weighted by atomic mass is 9.98. The summed E-state index contributed by atoms with van der Waals surface area (Å²) in [4.78, 5) is 14.3. The summed E-state index contributed by atoms with van der Waals surface area (Å²) in [6, 6.07) is 5.39. The highest BCUT2D eigenvalue weighted by molar-refractivity contribution is 9.10. The maximum atomic E-state index is 12.4. The average Bonchev–Trinajstić information content (AvgIpc) is 2.41. The first-order chi connectivity index (χ1) is 8.61. The molecule has 2 rings (SSSR count). The zero-order chi connectivity index (χ0) is 13.1. The monoisotopic (exact) mass is 393 g/mol. The van der Waals surface area contributed by atoms with E-state index >= 15 is 0 Å². The highest BCUT2D eigenvalue weighted by atomic mass is 79.9. The van der Waals surface area contributed by atoms with Gasteiger partial charge in [-0.1, -0.05) is 43.5 Å². The van der Waals surface area contributed by atoms with Crippen LogP contribution in [0.5, 0.6) is 0 Å². The first-order valence-electron chi connectivity index (χ1n) is 5.92. The number of carbonyl (C=O) groups excluding carboxylic acids is 1. The second-order valence-electron chi connectivity index (χ2n) is 4.51. The van der Waals surface area contributed by atoms with Gasteiger partial charge >= 0.3 is 0 Å². The molecule has 0 spiro atoms. The molecule has 0 N–H and O–H groups in total. The van der Waals surface area contributed by atoms with Gasteiger partial charge in [0, 0.05) is 22.9 Å². The molecule has 0 aliphatic carbocycles. The Morgan fingerprint density at radius 3 is 2.67 bits per heavy atom. The predicted octanol–water partition coefficient (Wildman–Crippen LogP) is 4.35. The molecule has 0 saturated carbocycles. The molecule has 0 atom stereocenters. The van der Waals surface area contributed by atoms with Crippen LogP contribution in [0.15, 0.2) is 22.7 Å². The number of amides is 1. The number of piperidine rings is 1. The van der Waals surface area contributed by atoms with Crippen molar-refractivity contribution in [1.82, 2.24) is 4.90 Å². The molecule has 0 aromatic heterocycles. The van der Waals surface area contributed by atoms with Crippen LogP contribution in [-0.4, -0.2) is 29.2 Å². The van der Waals surface area contributed by atoms with Gasteiger partial charge in [-0.3, -0.25) is 4.79 Å². The molecule has 1 amide bonds. The van der Waals surface area contributed by atoms with Crippen LogP contribution in [0.4, 0.5) is 0 Å². The standard InChI is InChI=1S/C13H14Br2ClNO/c14-8-9-3-5-17(6-4-9)13(18)11-7-10(15)1-2-12(11)16/h1-2,7,9H,3-6,8H2. The number of halogens is 3. The summed E-state index contributed by atoms with van der Waals surface area (Å²) in [6.07, 6.45) is 2.12. The Kier molecular flexibility index (Phi) is 5.10. The van der Waals surface area contributed by atoms with E-state index in [1.165, 1.54) is 0 Å². The zero-order valence-corrected chi connectivity index (χ0v) is 13.8. The normalized spacial score (nSPS) is 16.9. The number of benzene rings is 1. The van der Waals surface area contributed by atoms with Gasteiger partial charge in [-0.05, 0) is 37.0 Å². The Bertz CT molecular complexity index is 445. The van der Waals surface area contributed by atoms with E-state index in [4.69, 9.17) is 11.6 Å². The van der Waals surface area contributed by atoms with Crippen molar-refractivity contribution in [2.75, 3.05) is 18.4 Å². The molecule has 1 heterocycles. The highest BCUT2D eigenvalue weighted by Crippen LogP contribution is 2.25. The molecule has 0 radical (unpaired) electrons. The Balaban J connectivity index is 2.10. The Morgan fingerprint density at radius 2 is 2.06 bits per heavy atom. The predicted molar refractivity (Wildman–Crippen MR) is 81.6 cm³/mol. The lowest BCUT2D eigenvalue weighted by Crippen LogP contribution is -2.38. The van der Waals surface area contributed by atoms with E-state index in [1.807, 2.05) is 11.0 Å². The maximum Gasteiger partial charge on any atom is 0.255 e. The van der Waals surface area contributed by atoms with Crippen LogP contribution in [0.2, 0.25) is 5.02 Å². The summed E-state index contributed by atoms with van der Waals surface area (Å²) in [5.74, 6) is 0.723. The molecule has 1 aromatic rings. The Morgan fingerprint density at radius 1 is 1.39 bits per heavy atom. The van der Waals surface area contributed by atoms with E-state index in [9.17, 15) is 4.79 Å². The maximum absolute atomic E-state index is 12.4. The molecular weight excluding hydrogens is 381 g/mol. The van der Waals surface area contributed by atoms with Gasteiger partial charge in [0.25, 0.3) is 5.91 Å². The third-order valence-corrected chi connectivity index (χ3v) is 5.02. The molecule has 18 heavy (non-hydrogen) atoms. The molecule has 1 saturated heterocycles. The molecule has 98 valence electrons. The molecule has 5 heteroatoms. The van der Waals surface area contributed by atoms with Gasteiger partial charge in [-0.15, -0.1) is 0 Å². The Hall–Kier alpha value is -0.0600. The SMILES string of the molecule is O=C(c1cc(Br)ccc1Cl)N1CCC(CBr)CC1. The van der Waals surface area contributed by atoms with Crippen LogP contribution in [0.3, 0.4) is 0 Å². The van der Waals surface area contributed by atoms with E-state index in [0.29, 0.717) is 16.5 Å². The first kappa shape index (κ1) is 14.4. The van der Waals surface area contributed by atoms with Crippen LogP contribution in [0.1, 0.15) is 23.2 Å². The third-order valence-electron chi connectivity index (χ3n) is 3.28. The largest absolute Gasteiger partial charge is 0.339 e. The number of likely N-dealkylation sites (tertiary alicyclic amines) is 1. The van der Waals surface area contributed by atoms with Crippen molar-refractivity contribution in [3.05, 3.63) is 33.3 Å². The van der Waals surface area contributed by atoms with Crippen LogP contribution in [0, 0.1) is 5.92 Å². The molecular formula is C13H14Br2ClNO. The van der Waals surface area contributed by atoms with Gasteiger partial charge in [0.1, 0.15) is 0 Å². The zero-order valence-electron chi connectivity index (χ0n) is 9.83. The molecule has 1 aliphatic rings. The molecule has 1 fully saturated rings. The van der Waals surface area contributed by atoms with Crippen molar-refractivity contribution < 1.29 is 4.79 Å². The van der Waals surface area contributed by atoms with Crippen LogP contribution in [0.25, 0.3) is 0 Å². The number of carbonyl (C=O) groups is 1. The van der Waals surface area contributed by atoms with Crippen LogP contribution in [-0.2, 0) is 0 Å². The second-order valence-corrected chi connectivity index (χ2v) is 6.48. The number of hydrogen-bond donors (Lipinski definition) is 0. The summed E-state index contributed by atoms with van der Waals surface area (Å²) in [5.41, 5.74) is 0.586. The van der Waals surface area contributed by atoms with Crippen molar-refractivity contribution in [3.8, 4) is 0 Å². The lowest BCUT2D eigenvalue weighted by molar-refractivity contribution is 0.0699. The van der Waals surface area contributed by atoms with Gasteiger partial charge in [-0.25, -0.2) is 0 Å². The smallest absolute Gasteiger partial charge is 0.255 e. The number of alkyl halides is 1. The fourth-order valence-electron chi connectivity index (χ4n) is 2.12. The number of nitrogens with zero attached hydrogens (tertiary/aromatic N) is 1. The van der Waals surface area contributed by atoms with Crippen molar-refractivity contribution in [2.24, 2.45) is 5.92 Å². The van der Waals surface area contributed by atoms with Gasteiger partial charge < -0.3 is 4.90 Å². The number of rotatable bonds is 2. The fraction of sp³-hybridized carbons (Fsp3) is 0.462. The summed E-state index contributed by atoms with van der Waals surface area (Å²) < 4.78 is 0.880. The minimum atomic E-state index is 0.0364. The molecule has 2 nitrogen and oxygen atoms in total. The van der Waals surface area contributed by atoms with E-state index < -0.39 is 0 Å². The topological polar surface area (TPSA) is 20.3 Å². The van der Waals surface area contributed by atoms with E-state index in [-0.39, 0.29) is 5.91 Å². The highest BCUT2D eigenvalue weighted by Gasteiger charge is 2.24.